The van der Waals surface area contributed by atoms with Crippen molar-refractivity contribution in [3.05, 3.63) is 11.7 Å². The Morgan fingerprint density at radius 1 is 1.58 bits per heavy atom. The summed E-state index contributed by atoms with van der Waals surface area (Å²) in [7, 11) is 0. The van der Waals surface area contributed by atoms with Crippen LogP contribution in [0.5, 0.6) is 0 Å². The van der Waals surface area contributed by atoms with Crippen molar-refractivity contribution in [2.24, 2.45) is 0 Å². The first-order valence-electron chi connectivity index (χ1n) is 3.28. The van der Waals surface area contributed by atoms with E-state index in [2.05, 4.69) is 19.4 Å². The van der Waals surface area contributed by atoms with E-state index in [1.165, 1.54) is 0 Å². The SMILES string of the molecule is Cc1nc(COC(C)(F)F)no1. The second-order valence-corrected chi connectivity index (χ2v) is 2.33. The topological polar surface area (TPSA) is 48.2 Å². The van der Waals surface area contributed by atoms with E-state index >= 15 is 0 Å². The molecule has 1 aromatic heterocycles. The smallest absolute Gasteiger partial charge is 0.340 e. The second kappa shape index (κ2) is 3.14. The van der Waals surface area contributed by atoms with E-state index < -0.39 is 6.11 Å². The molecule has 0 amide bonds. The van der Waals surface area contributed by atoms with Gasteiger partial charge in [-0.05, 0) is 0 Å². The first-order chi connectivity index (χ1) is 5.47. The number of aryl methyl sites for hydroxylation is 1. The van der Waals surface area contributed by atoms with Crippen LogP contribution in [0.15, 0.2) is 4.52 Å². The first-order valence-corrected chi connectivity index (χ1v) is 3.28. The van der Waals surface area contributed by atoms with E-state index in [1.54, 1.807) is 6.92 Å². The fraction of sp³-hybridized carbons (Fsp3) is 0.667. The number of halogens is 2. The van der Waals surface area contributed by atoms with Gasteiger partial charge in [-0.2, -0.15) is 13.8 Å². The highest BCUT2D eigenvalue weighted by Gasteiger charge is 2.22. The number of rotatable bonds is 3. The Kier molecular flexibility index (Phi) is 2.37. The number of hydrogen-bond donors (Lipinski definition) is 0. The molecule has 0 spiro atoms. The molecule has 0 saturated heterocycles. The van der Waals surface area contributed by atoms with Crippen molar-refractivity contribution < 1.29 is 18.0 Å². The van der Waals surface area contributed by atoms with Gasteiger partial charge >= 0.3 is 6.11 Å². The van der Waals surface area contributed by atoms with Crippen LogP contribution in [0.4, 0.5) is 8.78 Å². The van der Waals surface area contributed by atoms with Crippen molar-refractivity contribution in [3.63, 3.8) is 0 Å². The molecule has 68 valence electrons. The molecule has 6 heteroatoms. The molecule has 0 bridgehead atoms. The van der Waals surface area contributed by atoms with E-state index in [0.29, 0.717) is 12.8 Å². The van der Waals surface area contributed by atoms with Crippen LogP contribution in [0.1, 0.15) is 18.6 Å². The number of nitrogens with zero attached hydrogens (tertiary/aromatic N) is 2. The van der Waals surface area contributed by atoms with E-state index in [1.807, 2.05) is 0 Å². The van der Waals surface area contributed by atoms with Gasteiger partial charge in [-0.3, -0.25) is 0 Å². The number of ether oxygens (including phenoxy) is 1. The molecule has 1 aromatic rings. The van der Waals surface area contributed by atoms with Crippen molar-refractivity contribution in [3.8, 4) is 0 Å². The third-order valence-electron chi connectivity index (χ3n) is 1.02. The fourth-order valence-electron chi connectivity index (χ4n) is 0.591. The van der Waals surface area contributed by atoms with Crippen LogP contribution >= 0.6 is 0 Å². The molecule has 0 N–H and O–H groups in total. The van der Waals surface area contributed by atoms with Crippen LogP contribution in [0.3, 0.4) is 0 Å². The van der Waals surface area contributed by atoms with Gasteiger partial charge in [0, 0.05) is 13.8 Å². The second-order valence-electron chi connectivity index (χ2n) is 2.33. The minimum Gasteiger partial charge on any atom is -0.340 e. The molecule has 4 nitrogen and oxygen atoms in total. The molecule has 12 heavy (non-hydrogen) atoms. The highest BCUT2D eigenvalue weighted by atomic mass is 19.3. The molecule has 1 rings (SSSR count). The van der Waals surface area contributed by atoms with Gasteiger partial charge in [0.25, 0.3) is 0 Å². The van der Waals surface area contributed by atoms with Crippen molar-refractivity contribution in [2.45, 2.75) is 26.6 Å². The van der Waals surface area contributed by atoms with E-state index in [9.17, 15) is 8.78 Å². The summed E-state index contributed by atoms with van der Waals surface area (Å²) in [6.07, 6.45) is -3.16. The van der Waals surface area contributed by atoms with Gasteiger partial charge in [0.2, 0.25) is 5.89 Å². The number of aromatic nitrogens is 2. The zero-order chi connectivity index (χ0) is 9.19. The highest BCUT2D eigenvalue weighted by Crippen LogP contribution is 2.14. The molecular weight excluding hydrogens is 170 g/mol. The van der Waals surface area contributed by atoms with Crippen LogP contribution < -0.4 is 0 Å². The lowest BCUT2D eigenvalue weighted by atomic mass is 10.6. The van der Waals surface area contributed by atoms with Crippen LogP contribution in [0.2, 0.25) is 0 Å². The van der Waals surface area contributed by atoms with Gasteiger partial charge < -0.3 is 9.26 Å². The number of hydrogen-bond acceptors (Lipinski definition) is 4. The minimum absolute atomic E-state index is 0.119. The maximum absolute atomic E-state index is 12.1. The summed E-state index contributed by atoms with van der Waals surface area (Å²) in [4.78, 5) is 3.68. The Balaban J connectivity index is 2.44. The average Bonchev–Trinajstić information content (AvgIpc) is 2.30. The van der Waals surface area contributed by atoms with Crippen LogP contribution in [0, 0.1) is 6.92 Å². The molecular formula is C6H8F2N2O2. The fourth-order valence-corrected chi connectivity index (χ4v) is 0.591. The molecule has 0 aromatic carbocycles. The highest BCUT2D eigenvalue weighted by molar-refractivity contribution is 4.80. The quantitative estimate of drug-likeness (QED) is 0.703. The molecule has 0 aliphatic rings. The van der Waals surface area contributed by atoms with Crippen molar-refractivity contribution in [1.29, 1.82) is 0 Å². The van der Waals surface area contributed by atoms with E-state index in [0.717, 1.165) is 0 Å². The third-order valence-corrected chi connectivity index (χ3v) is 1.02. The van der Waals surface area contributed by atoms with Gasteiger partial charge in [-0.15, -0.1) is 0 Å². The van der Waals surface area contributed by atoms with Crippen LogP contribution in [-0.4, -0.2) is 16.2 Å². The molecule has 0 aliphatic carbocycles. The Morgan fingerprint density at radius 2 is 2.25 bits per heavy atom. The van der Waals surface area contributed by atoms with E-state index in [4.69, 9.17) is 0 Å². The lowest BCUT2D eigenvalue weighted by Crippen LogP contribution is -2.15. The van der Waals surface area contributed by atoms with Crippen molar-refractivity contribution >= 4 is 0 Å². The summed E-state index contributed by atoms with van der Waals surface area (Å²) < 4.78 is 32.9. The maximum Gasteiger partial charge on any atom is 0.353 e. The Bertz CT molecular complexity index is 256. The van der Waals surface area contributed by atoms with Gasteiger partial charge in [-0.1, -0.05) is 5.16 Å². The summed E-state index contributed by atoms with van der Waals surface area (Å²) in [5.74, 6) is 0.446. The lowest BCUT2D eigenvalue weighted by molar-refractivity contribution is -0.232. The molecule has 0 fully saturated rings. The Morgan fingerprint density at radius 3 is 2.67 bits per heavy atom. The maximum atomic E-state index is 12.1. The molecule has 1 heterocycles. The Labute approximate surface area is 67.5 Å². The molecule has 0 aliphatic heterocycles. The van der Waals surface area contributed by atoms with Crippen LogP contribution in [-0.2, 0) is 11.3 Å². The van der Waals surface area contributed by atoms with Gasteiger partial charge in [0.1, 0.15) is 6.61 Å². The largest absolute Gasteiger partial charge is 0.353 e. The predicted octanol–water partition coefficient (Wildman–Crippen LogP) is 1.51. The van der Waals surface area contributed by atoms with Gasteiger partial charge in [0.15, 0.2) is 5.82 Å². The molecule has 0 atom stereocenters. The zero-order valence-electron chi connectivity index (χ0n) is 6.67. The predicted molar refractivity (Wildman–Crippen MR) is 34.4 cm³/mol. The summed E-state index contributed by atoms with van der Waals surface area (Å²) >= 11 is 0. The molecule has 0 unspecified atom stereocenters. The average molecular weight is 178 g/mol. The van der Waals surface area contributed by atoms with Crippen molar-refractivity contribution in [2.75, 3.05) is 0 Å². The summed E-state index contributed by atoms with van der Waals surface area (Å²) in [5.41, 5.74) is 0. The third kappa shape index (κ3) is 2.91. The summed E-state index contributed by atoms with van der Waals surface area (Å²) in [6, 6.07) is 0. The number of alkyl halides is 2. The van der Waals surface area contributed by atoms with Gasteiger partial charge in [-0.25, -0.2) is 0 Å². The summed E-state index contributed by atoms with van der Waals surface area (Å²) in [6.45, 7) is 1.88. The van der Waals surface area contributed by atoms with Crippen LogP contribution in [0.25, 0.3) is 0 Å². The first kappa shape index (κ1) is 9.05. The van der Waals surface area contributed by atoms with Gasteiger partial charge in [0.05, 0.1) is 0 Å². The molecule has 0 saturated carbocycles. The van der Waals surface area contributed by atoms with Crippen molar-refractivity contribution in [1.82, 2.24) is 10.1 Å². The lowest BCUT2D eigenvalue weighted by Gasteiger charge is -2.08. The standard InChI is InChI=1S/C6H8F2N2O2/c1-4-9-5(10-12-4)3-11-6(2,7)8/h3H2,1-2H3. The summed E-state index contributed by atoms with van der Waals surface area (Å²) in [5, 5.41) is 3.37. The minimum atomic E-state index is -3.16. The Hall–Kier alpha value is -1.04. The normalized spacial score (nSPS) is 12.0. The van der Waals surface area contributed by atoms with E-state index in [-0.39, 0.29) is 12.4 Å². The zero-order valence-corrected chi connectivity index (χ0v) is 6.67. The molecule has 0 radical (unpaired) electrons. The monoisotopic (exact) mass is 178 g/mol.